The van der Waals surface area contributed by atoms with Crippen molar-refractivity contribution >= 4 is 23.3 Å². The number of nitrogens with one attached hydrogen (secondary N) is 1. The molecule has 28 heavy (non-hydrogen) atoms. The molecule has 148 valence electrons. The number of hydrogen-bond donors (Lipinski definition) is 1. The van der Waals surface area contributed by atoms with E-state index in [-0.39, 0.29) is 24.0 Å². The number of benzene rings is 2. The molecule has 3 rings (SSSR count). The van der Waals surface area contributed by atoms with Crippen molar-refractivity contribution in [3.8, 4) is 0 Å². The first-order valence-electron chi connectivity index (χ1n) is 9.20. The van der Waals surface area contributed by atoms with Crippen LogP contribution in [0, 0.1) is 5.82 Å². The minimum atomic E-state index is -0.295. The van der Waals surface area contributed by atoms with E-state index in [1.165, 1.54) is 12.1 Å². The van der Waals surface area contributed by atoms with Gasteiger partial charge in [-0.1, -0.05) is 47.1 Å². The molecule has 0 bridgehead atoms. The average Bonchev–Trinajstić information content (AvgIpc) is 3.11. The fraction of sp³-hybridized carbons (Fsp3) is 0.333. The lowest BCUT2D eigenvalue weighted by Gasteiger charge is -2.26. The standard InChI is InChI=1S/C21H23ClFN3O2/c1-14(2)24-21(27)26(12-16-5-3-4-6-19(16)22)13-18-11-20(25-28-18)15-7-9-17(23)10-8-15/h3-10,14,18H,11-13H2,1-2H3,(H,24,27)/t18-/m1/s1. The van der Waals surface area contributed by atoms with Crippen LogP contribution >= 0.6 is 11.6 Å². The molecule has 0 unspecified atom stereocenters. The number of nitrogens with zero attached hydrogens (tertiary/aromatic N) is 2. The van der Waals surface area contributed by atoms with Crippen LogP contribution in [0.25, 0.3) is 0 Å². The van der Waals surface area contributed by atoms with Gasteiger partial charge in [-0.2, -0.15) is 0 Å². The van der Waals surface area contributed by atoms with Gasteiger partial charge in [0, 0.05) is 24.0 Å². The minimum absolute atomic E-state index is 0.0109. The van der Waals surface area contributed by atoms with Crippen molar-refractivity contribution < 1.29 is 14.0 Å². The second-order valence-electron chi connectivity index (χ2n) is 7.05. The summed E-state index contributed by atoms with van der Waals surface area (Å²) >= 11 is 6.27. The normalized spacial score (nSPS) is 15.9. The Kier molecular flexibility index (Phi) is 6.52. The molecule has 1 aliphatic rings. The molecule has 1 heterocycles. The molecule has 5 nitrogen and oxygen atoms in total. The smallest absolute Gasteiger partial charge is 0.318 e. The second kappa shape index (κ2) is 9.06. The molecular weight excluding hydrogens is 381 g/mol. The third-order valence-corrected chi connectivity index (χ3v) is 4.72. The maximum Gasteiger partial charge on any atom is 0.318 e. The Bertz CT molecular complexity index is 855. The Balaban J connectivity index is 1.68. The molecule has 0 saturated carbocycles. The van der Waals surface area contributed by atoms with Crippen molar-refractivity contribution in [2.24, 2.45) is 5.16 Å². The van der Waals surface area contributed by atoms with E-state index in [1.54, 1.807) is 23.1 Å². The zero-order valence-electron chi connectivity index (χ0n) is 15.9. The van der Waals surface area contributed by atoms with Crippen LogP contribution in [0.15, 0.2) is 53.7 Å². The van der Waals surface area contributed by atoms with Crippen LogP contribution in [0.1, 0.15) is 31.4 Å². The van der Waals surface area contributed by atoms with Crippen LogP contribution in [-0.4, -0.2) is 35.3 Å². The van der Waals surface area contributed by atoms with Crippen LogP contribution in [0.5, 0.6) is 0 Å². The number of urea groups is 1. The highest BCUT2D eigenvalue weighted by atomic mass is 35.5. The number of amides is 2. The number of halogens is 2. The van der Waals surface area contributed by atoms with E-state index in [4.69, 9.17) is 16.4 Å². The van der Waals surface area contributed by atoms with E-state index in [0.717, 1.165) is 16.8 Å². The van der Waals surface area contributed by atoms with Gasteiger partial charge in [0.15, 0.2) is 6.10 Å². The Labute approximate surface area is 169 Å². The van der Waals surface area contributed by atoms with Crippen LogP contribution in [0.4, 0.5) is 9.18 Å². The van der Waals surface area contributed by atoms with Gasteiger partial charge < -0.3 is 15.1 Å². The Morgan fingerprint density at radius 1 is 1.29 bits per heavy atom. The van der Waals surface area contributed by atoms with E-state index in [0.29, 0.717) is 24.5 Å². The first-order chi connectivity index (χ1) is 13.4. The molecule has 2 amide bonds. The van der Waals surface area contributed by atoms with Gasteiger partial charge in [-0.25, -0.2) is 9.18 Å². The van der Waals surface area contributed by atoms with Gasteiger partial charge >= 0.3 is 6.03 Å². The van der Waals surface area contributed by atoms with Gasteiger partial charge in [0.05, 0.1) is 12.3 Å². The molecule has 0 fully saturated rings. The quantitative estimate of drug-likeness (QED) is 0.766. The third-order valence-electron chi connectivity index (χ3n) is 4.35. The summed E-state index contributed by atoms with van der Waals surface area (Å²) in [5.74, 6) is -0.295. The molecule has 1 aliphatic heterocycles. The molecule has 7 heteroatoms. The number of rotatable bonds is 6. The molecule has 1 N–H and O–H groups in total. The lowest BCUT2D eigenvalue weighted by molar-refractivity contribution is 0.0586. The number of hydrogen-bond acceptors (Lipinski definition) is 3. The molecule has 1 atom stereocenters. The second-order valence-corrected chi connectivity index (χ2v) is 7.46. The zero-order valence-corrected chi connectivity index (χ0v) is 16.6. The molecule has 2 aromatic carbocycles. The van der Waals surface area contributed by atoms with Gasteiger partial charge in [0.25, 0.3) is 0 Å². The summed E-state index contributed by atoms with van der Waals surface area (Å²) in [5, 5.41) is 7.65. The fourth-order valence-corrected chi connectivity index (χ4v) is 3.17. The van der Waals surface area contributed by atoms with Crippen molar-refractivity contribution in [2.45, 2.75) is 39.0 Å². The highest BCUT2D eigenvalue weighted by Gasteiger charge is 2.27. The lowest BCUT2D eigenvalue weighted by atomic mass is 10.0. The topological polar surface area (TPSA) is 53.9 Å². The summed E-state index contributed by atoms with van der Waals surface area (Å²) in [7, 11) is 0. The summed E-state index contributed by atoms with van der Waals surface area (Å²) in [6, 6.07) is 13.4. The summed E-state index contributed by atoms with van der Waals surface area (Å²) in [6.45, 7) is 4.54. The van der Waals surface area contributed by atoms with Crippen LogP contribution in [0.3, 0.4) is 0 Å². The van der Waals surface area contributed by atoms with E-state index < -0.39 is 0 Å². The van der Waals surface area contributed by atoms with Gasteiger partial charge in [-0.15, -0.1) is 0 Å². The van der Waals surface area contributed by atoms with Crippen LogP contribution in [-0.2, 0) is 11.4 Å². The van der Waals surface area contributed by atoms with Crippen molar-refractivity contribution in [1.82, 2.24) is 10.2 Å². The van der Waals surface area contributed by atoms with Crippen LogP contribution < -0.4 is 5.32 Å². The number of carbonyl (C=O) groups is 1. The van der Waals surface area contributed by atoms with Gasteiger partial charge in [0.1, 0.15) is 5.82 Å². The summed E-state index contributed by atoms with van der Waals surface area (Å²) in [6.07, 6.45) is 0.264. The van der Waals surface area contributed by atoms with Crippen molar-refractivity contribution in [2.75, 3.05) is 6.54 Å². The van der Waals surface area contributed by atoms with Gasteiger partial charge in [0.2, 0.25) is 0 Å². The maximum atomic E-state index is 13.1. The van der Waals surface area contributed by atoms with E-state index >= 15 is 0 Å². The number of carbonyl (C=O) groups excluding carboxylic acids is 1. The average molecular weight is 404 g/mol. The summed E-state index contributed by atoms with van der Waals surface area (Å²) < 4.78 is 13.1. The van der Waals surface area contributed by atoms with E-state index in [9.17, 15) is 9.18 Å². The van der Waals surface area contributed by atoms with Crippen molar-refractivity contribution in [3.05, 3.63) is 70.5 Å². The Morgan fingerprint density at radius 3 is 2.68 bits per heavy atom. The van der Waals surface area contributed by atoms with E-state index in [1.807, 2.05) is 32.0 Å². The predicted molar refractivity (Wildman–Crippen MR) is 108 cm³/mol. The Hall–Kier alpha value is -2.60. The molecule has 0 spiro atoms. The van der Waals surface area contributed by atoms with E-state index in [2.05, 4.69) is 10.5 Å². The van der Waals surface area contributed by atoms with Gasteiger partial charge in [-0.3, -0.25) is 0 Å². The van der Waals surface area contributed by atoms with Crippen molar-refractivity contribution in [1.29, 1.82) is 0 Å². The molecule has 2 aromatic rings. The van der Waals surface area contributed by atoms with Crippen molar-refractivity contribution in [3.63, 3.8) is 0 Å². The monoisotopic (exact) mass is 403 g/mol. The van der Waals surface area contributed by atoms with Gasteiger partial charge in [-0.05, 0) is 43.2 Å². The molecule has 0 aliphatic carbocycles. The zero-order chi connectivity index (χ0) is 20.1. The lowest BCUT2D eigenvalue weighted by Crippen LogP contribution is -2.45. The summed E-state index contributed by atoms with van der Waals surface area (Å²) in [5.41, 5.74) is 2.42. The first-order valence-corrected chi connectivity index (χ1v) is 9.57. The molecule has 0 radical (unpaired) electrons. The molecular formula is C21H23ClFN3O2. The maximum absolute atomic E-state index is 13.1. The minimum Gasteiger partial charge on any atom is -0.390 e. The number of oxime groups is 1. The van der Waals surface area contributed by atoms with Crippen LogP contribution in [0.2, 0.25) is 5.02 Å². The highest BCUT2D eigenvalue weighted by Crippen LogP contribution is 2.21. The highest BCUT2D eigenvalue weighted by molar-refractivity contribution is 6.31. The molecule has 0 aromatic heterocycles. The SMILES string of the molecule is CC(C)NC(=O)N(Cc1ccccc1Cl)C[C@H]1CC(c2ccc(F)cc2)=NO1. The Morgan fingerprint density at radius 2 is 2.00 bits per heavy atom. The molecule has 0 saturated heterocycles. The summed E-state index contributed by atoms with van der Waals surface area (Å²) in [4.78, 5) is 19.9. The predicted octanol–water partition coefficient (Wildman–Crippen LogP) is 4.59. The fourth-order valence-electron chi connectivity index (χ4n) is 2.97. The first kappa shape index (κ1) is 20.1. The largest absolute Gasteiger partial charge is 0.390 e. The third kappa shape index (κ3) is 5.23.